The topological polar surface area (TPSA) is 98.6 Å². The Morgan fingerprint density at radius 2 is 2.15 bits per heavy atom. The van der Waals surface area contributed by atoms with Gasteiger partial charge in [0.2, 0.25) is 0 Å². The summed E-state index contributed by atoms with van der Waals surface area (Å²) in [4.78, 5) is 23.4. The van der Waals surface area contributed by atoms with Gasteiger partial charge < -0.3 is 9.72 Å². The van der Waals surface area contributed by atoms with Gasteiger partial charge in [0.05, 0.1) is 11.8 Å². The van der Waals surface area contributed by atoms with Crippen LogP contribution < -0.4 is 10.2 Å². The van der Waals surface area contributed by atoms with Crippen molar-refractivity contribution in [3.8, 4) is 23.1 Å². The zero-order valence-electron chi connectivity index (χ0n) is 13.9. The van der Waals surface area contributed by atoms with E-state index in [1.807, 2.05) is 0 Å². The monoisotopic (exact) mass is 356 g/mol. The number of hydrogen-bond donors (Lipinski definition) is 1. The van der Waals surface area contributed by atoms with E-state index in [2.05, 4.69) is 25.1 Å². The van der Waals surface area contributed by atoms with Crippen molar-refractivity contribution in [1.82, 2.24) is 29.7 Å². The van der Waals surface area contributed by atoms with Crippen LogP contribution in [0.3, 0.4) is 0 Å². The van der Waals surface area contributed by atoms with Crippen molar-refractivity contribution < 1.29 is 9.13 Å². The summed E-state index contributed by atoms with van der Waals surface area (Å²) in [6.45, 7) is 0. The summed E-state index contributed by atoms with van der Waals surface area (Å²) in [5.74, 6) is 0.586. The van der Waals surface area contributed by atoms with Gasteiger partial charge in [-0.1, -0.05) is 11.5 Å². The first-order valence-electron chi connectivity index (χ1n) is 8.42. The summed E-state index contributed by atoms with van der Waals surface area (Å²) in [5, 5.41) is 7.87. The number of H-pyrrole nitrogens is 1. The van der Waals surface area contributed by atoms with Crippen LogP contribution in [-0.2, 0) is 0 Å². The summed E-state index contributed by atoms with van der Waals surface area (Å²) in [6, 6.07) is 1.47. The SMILES string of the molecule is O=c1cc(-n2ccnc2)[nH]cc1-c1cnc(O[C@@H]2CCCC[C@H]2F)nn1. The molecular formula is C17H17FN6O2. The predicted molar refractivity (Wildman–Crippen MR) is 90.8 cm³/mol. The van der Waals surface area contributed by atoms with Crippen molar-refractivity contribution in [3.63, 3.8) is 0 Å². The van der Waals surface area contributed by atoms with Gasteiger partial charge >= 0.3 is 6.01 Å². The first-order chi connectivity index (χ1) is 12.7. The zero-order valence-corrected chi connectivity index (χ0v) is 13.9. The minimum atomic E-state index is -1.01. The Balaban J connectivity index is 1.52. The Kier molecular flexibility index (Phi) is 4.42. The number of nitrogens with zero attached hydrogens (tertiary/aromatic N) is 5. The molecular weight excluding hydrogens is 339 g/mol. The molecule has 0 amide bonds. The number of aromatic amines is 1. The fourth-order valence-corrected chi connectivity index (χ4v) is 2.97. The number of alkyl halides is 1. The molecule has 0 bridgehead atoms. The van der Waals surface area contributed by atoms with Gasteiger partial charge in [0.1, 0.15) is 30.1 Å². The van der Waals surface area contributed by atoms with Gasteiger partial charge in [-0.25, -0.2) is 14.4 Å². The highest BCUT2D eigenvalue weighted by atomic mass is 19.1. The van der Waals surface area contributed by atoms with Crippen LogP contribution in [0.25, 0.3) is 17.1 Å². The van der Waals surface area contributed by atoms with Crippen molar-refractivity contribution in [3.05, 3.63) is 47.4 Å². The van der Waals surface area contributed by atoms with Gasteiger partial charge in [-0.3, -0.25) is 9.36 Å². The molecule has 0 saturated heterocycles. The molecule has 1 fully saturated rings. The first kappa shape index (κ1) is 16.4. The quantitative estimate of drug-likeness (QED) is 0.768. The Morgan fingerprint density at radius 3 is 2.85 bits per heavy atom. The number of pyridine rings is 1. The number of aromatic nitrogens is 6. The average molecular weight is 356 g/mol. The molecule has 134 valence electrons. The van der Waals surface area contributed by atoms with Crippen LogP contribution in [0.15, 0.2) is 42.0 Å². The van der Waals surface area contributed by atoms with E-state index in [1.54, 1.807) is 29.5 Å². The van der Waals surface area contributed by atoms with E-state index in [4.69, 9.17) is 4.74 Å². The molecule has 3 aromatic rings. The number of ether oxygens (including phenoxy) is 1. The summed E-state index contributed by atoms with van der Waals surface area (Å²) in [5.41, 5.74) is 0.422. The van der Waals surface area contributed by atoms with Crippen LogP contribution in [0.4, 0.5) is 4.39 Å². The number of hydrogen-bond acceptors (Lipinski definition) is 6. The van der Waals surface area contributed by atoms with Crippen molar-refractivity contribution >= 4 is 0 Å². The third-order valence-corrected chi connectivity index (χ3v) is 4.38. The average Bonchev–Trinajstić information content (AvgIpc) is 3.19. The summed E-state index contributed by atoms with van der Waals surface area (Å²) in [7, 11) is 0. The van der Waals surface area contributed by atoms with E-state index in [0.29, 0.717) is 29.9 Å². The minimum Gasteiger partial charge on any atom is -0.456 e. The molecule has 0 spiro atoms. The van der Waals surface area contributed by atoms with Crippen LogP contribution >= 0.6 is 0 Å². The van der Waals surface area contributed by atoms with Crippen molar-refractivity contribution in [2.45, 2.75) is 38.0 Å². The van der Waals surface area contributed by atoms with Crippen LogP contribution in [0.1, 0.15) is 25.7 Å². The largest absolute Gasteiger partial charge is 0.456 e. The summed E-state index contributed by atoms with van der Waals surface area (Å²) < 4.78 is 21.0. The van der Waals surface area contributed by atoms with E-state index in [1.165, 1.54) is 12.3 Å². The molecule has 0 aromatic carbocycles. The van der Waals surface area contributed by atoms with Crippen LogP contribution in [0, 0.1) is 0 Å². The maximum atomic E-state index is 13.8. The van der Waals surface area contributed by atoms with E-state index in [-0.39, 0.29) is 11.4 Å². The number of rotatable bonds is 4. The van der Waals surface area contributed by atoms with Crippen LogP contribution in [0.5, 0.6) is 6.01 Å². The number of halogens is 1. The Hall–Kier alpha value is -3.10. The summed E-state index contributed by atoms with van der Waals surface area (Å²) in [6.07, 6.45) is 9.27. The van der Waals surface area contributed by atoms with Gasteiger partial charge in [0, 0.05) is 24.7 Å². The molecule has 1 N–H and O–H groups in total. The molecule has 3 heterocycles. The molecule has 26 heavy (non-hydrogen) atoms. The maximum Gasteiger partial charge on any atom is 0.336 e. The first-order valence-corrected chi connectivity index (χ1v) is 8.42. The fourth-order valence-electron chi connectivity index (χ4n) is 2.97. The molecule has 0 unspecified atom stereocenters. The van der Waals surface area contributed by atoms with Gasteiger partial charge in [-0.05, 0) is 19.3 Å². The molecule has 8 nitrogen and oxygen atoms in total. The third kappa shape index (κ3) is 3.32. The second kappa shape index (κ2) is 7.03. The van der Waals surface area contributed by atoms with Gasteiger partial charge in [-0.2, -0.15) is 0 Å². The highest BCUT2D eigenvalue weighted by Gasteiger charge is 2.27. The smallest absolute Gasteiger partial charge is 0.336 e. The van der Waals surface area contributed by atoms with E-state index >= 15 is 0 Å². The Bertz CT molecular complexity index is 925. The molecule has 0 radical (unpaired) electrons. The van der Waals surface area contributed by atoms with Gasteiger partial charge in [0.15, 0.2) is 5.43 Å². The lowest BCUT2D eigenvalue weighted by Crippen LogP contribution is -2.32. The lowest BCUT2D eigenvalue weighted by Gasteiger charge is -2.25. The second-order valence-corrected chi connectivity index (χ2v) is 6.15. The van der Waals surface area contributed by atoms with Crippen LogP contribution in [-0.4, -0.2) is 42.0 Å². The molecule has 9 heteroatoms. The van der Waals surface area contributed by atoms with Crippen LogP contribution in [0.2, 0.25) is 0 Å². The normalized spacial score (nSPS) is 20.0. The molecule has 2 atom stereocenters. The fraction of sp³-hybridized carbons (Fsp3) is 0.353. The summed E-state index contributed by atoms with van der Waals surface area (Å²) >= 11 is 0. The Morgan fingerprint density at radius 1 is 1.27 bits per heavy atom. The molecule has 1 saturated carbocycles. The van der Waals surface area contributed by atoms with E-state index in [0.717, 1.165) is 12.8 Å². The van der Waals surface area contributed by atoms with Crippen molar-refractivity contribution in [2.75, 3.05) is 0 Å². The molecule has 4 rings (SSSR count). The Labute approximate surface area is 148 Å². The minimum absolute atomic E-state index is 0.0229. The molecule has 1 aliphatic carbocycles. The highest BCUT2D eigenvalue weighted by molar-refractivity contribution is 5.56. The zero-order chi connectivity index (χ0) is 17.9. The predicted octanol–water partition coefficient (Wildman–Crippen LogP) is 2.07. The molecule has 3 aromatic heterocycles. The van der Waals surface area contributed by atoms with E-state index < -0.39 is 12.3 Å². The highest BCUT2D eigenvalue weighted by Crippen LogP contribution is 2.24. The molecule has 1 aliphatic rings. The lowest BCUT2D eigenvalue weighted by atomic mass is 9.96. The lowest BCUT2D eigenvalue weighted by molar-refractivity contribution is 0.0553. The van der Waals surface area contributed by atoms with E-state index in [9.17, 15) is 9.18 Å². The standard InChI is InChI=1S/C17H17FN6O2/c18-12-3-1-2-4-15(12)26-17-21-9-13(22-23-17)11-8-20-16(7-14(11)25)24-6-5-19-10-24/h5-10,12,15H,1-4H2,(H,20,25)/t12-,15-/m1/s1. The number of nitrogens with one attached hydrogen (secondary N) is 1. The maximum absolute atomic E-state index is 13.8. The molecule has 0 aliphatic heterocycles. The van der Waals surface area contributed by atoms with Crippen molar-refractivity contribution in [1.29, 1.82) is 0 Å². The van der Waals surface area contributed by atoms with Gasteiger partial charge in [0.25, 0.3) is 0 Å². The van der Waals surface area contributed by atoms with Gasteiger partial charge in [-0.15, -0.1) is 5.10 Å². The number of imidazole rings is 1. The second-order valence-electron chi connectivity index (χ2n) is 6.15. The third-order valence-electron chi connectivity index (χ3n) is 4.38. The van der Waals surface area contributed by atoms with Crippen molar-refractivity contribution in [2.24, 2.45) is 0 Å².